The van der Waals surface area contributed by atoms with Gasteiger partial charge in [-0.25, -0.2) is 0 Å². The molecule has 0 amide bonds. The van der Waals surface area contributed by atoms with E-state index in [4.69, 9.17) is 15.0 Å². The number of nitrogens with two attached hydrogens (primary N) is 1. The summed E-state index contributed by atoms with van der Waals surface area (Å²) >= 11 is 0. The molecule has 14 heavy (non-hydrogen) atoms. The Kier molecular flexibility index (Phi) is 3.60. The van der Waals surface area contributed by atoms with Crippen LogP contribution in [-0.2, 0) is 4.74 Å². The van der Waals surface area contributed by atoms with Crippen molar-refractivity contribution in [1.82, 2.24) is 10.1 Å². The van der Waals surface area contributed by atoms with Gasteiger partial charge < -0.3 is 15.0 Å². The van der Waals surface area contributed by atoms with Crippen molar-refractivity contribution in [2.45, 2.75) is 32.9 Å². The molecular formula is C9H17N3O2. The predicted molar refractivity (Wildman–Crippen MR) is 51.5 cm³/mol. The van der Waals surface area contributed by atoms with E-state index in [1.165, 1.54) is 0 Å². The van der Waals surface area contributed by atoms with Gasteiger partial charge in [-0.15, -0.1) is 0 Å². The second kappa shape index (κ2) is 4.52. The quantitative estimate of drug-likeness (QED) is 0.794. The molecule has 1 aromatic heterocycles. The van der Waals surface area contributed by atoms with Crippen LogP contribution in [0.1, 0.15) is 44.6 Å². The number of hydrogen-bond donors (Lipinski definition) is 1. The molecule has 0 saturated carbocycles. The summed E-state index contributed by atoms with van der Waals surface area (Å²) in [7, 11) is 1.59. The molecule has 0 aliphatic carbocycles. The highest BCUT2D eigenvalue weighted by atomic mass is 16.5. The van der Waals surface area contributed by atoms with Gasteiger partial charge in [0.2, 0.25) is 0 Å². The predicted octanol–water partition coefficient (Wildman–Crippen LogP) is 1.43. The van der Waals surface area contributed by atoms with Crippen LogP contribution in [0, 0.1) is 5.92 Å². The molecule has 0 aromatic carbocycles. The van der Waals surface area contributed by atoms with Crippen LogP contribution < -0.4 is 5.73 Å². The Bertz CT molecular complexity index is 285. The van der Waals surface area contributed by atoms with E-state index in [1.54, 1.807) is 7.11 Å². The summed E-state index contributed by atoms with van der Waals surface area (Å²) in [5, 5.41) is 3.82. The van der Waals surface area contributed by atoms with Gasteiger partial charge in [-0.2, -0.15) is 4.98 Å². The van der Waals surface area contributed by atoms with E-state index in [0.717, 1.165) is 0 Å². The van der Waals surface area contributed by atoms with Crippen molar-refractivity contribution < 1.29 is 9.26 Å². The molecular weight excluding hydrogens is 182 g/mol. The first-order valence-corrected chi connectivity index (χ1v) is 4.68. The summed E-state index contributed by atoms with van der Waals surface area (Å²) in [6.07, 6.45) is -0.185. The van der Waals surface area contributed by atoms with Crippen LogP contribution >= 0.6 is 0 Å². The number of ether oxygens (including phenoxy) is 1. The second-order valence-electron chi connectivity index (χ2n) is 3.64. The van der Waals surface area contributed by atoms with E-state index in [1.807, 2.05) is 20.8 Å². The van der Waals surface area contributed by atoms with Gasteiger partial charge in [0.05, 0.1) is 6.04 Å². The number of nitrogens with zero attached hydrogens (tertiary/aromatic N) is 2. The van der Waals surface area contributed by atoms with Crippen molar-refractivity contribution in [2.75, 3.05) is 7.11 Å². The zero-order chi connectivity index (χ0) is 10.7. The van der Waals surface area contributed by atoms with Crippen LogP contribution in [0.25, 0.3) is 0 Å². The zero-order valence-corrected chi connectivity index (χ0v) is 9.02. The van der Waals surface area contributed by atoms with Crippen molar-refractivity contribution in [3.8, 4) is 0 Å². The first kappa shape index (κ1) is 11.1. The molecule has 5 nitrogen and oxygen atoms in total. The normalized spacial score (nSPS) is 15.9. The zero-order valence-electron chi connectivity index (χ0n) is 9.02. The van der Waals surface area contributed by atoms with Crippen molar-refractivity contribution in [1.29, 1.82) is 0 Å². The highest BCUT2D eigenvalue weighted by Gasteiger charge is 2.19. The van der Waals surface area contributed by atoms with E-state index >= 15 is 0 Å². The first-order valence-electron chi connectivity index (χ1n) is 4.68. The summed E-state index contributed by atoms with van der Waals surface area (Å²) in [6, 6.07) is -0.184. The Labute approximate surface area is 83.6 Å². The highest BCUT2D eigenvalue weighted by molar-refractivity contribution is 4.95. The third-order valence-corrected chi connectivity index (χ3v) is 2.18. The Balaban J connectivity index is 2.77. The number of rotatable bonds is 4. The van der Waals surface area contributed by atoms with Crippen LogP contribution in [0.3, 0.4) is 0 Å². The molecule has 0 spiro atoms. The molecule has 2 unspecified atom stereocenters. The molecule has 0 aliphatic rings. The van der Waals surface area contributed by atoms with Gasteiger partial charge in [0.15, 0.2) is 5.82 Å². The van der Waals surface area contributed by atoms with E-state index in [9.17, 15) is 0 Å². The molecule has 1 aromatic rings. The fourth-order valence-corrected chi connectivity index (χ4v) is 0.947. The fraction of sp³-hybridized carbons (Fsp3) is 0.778. The van der Waals surface area contributed by atoms with Crippen LogP contribution in [0.15, 0.2) is 4.52 Å². The molecule has 2 N–H and O–H groups in total. The van der Waals surface area contributed by atoms with Crippen LogP contribution in [-0.4, -0.2) is 17.3 Å². The average molecular weight is 199 g/mol. The van der Waals surface area contributed by atoms with Crippen LogP contribution in [0.2, 0.25) is 0 Å². The lowest BCUT2D eigenvalue weighted by molar-refractivity contribution is 0.0886. The van der Waals surface area contributed by atoms with Crippen molar-refractivity contribution in [3.63, 3.8) is 0 Å². The molecule has 1 rings (SSSR count). The molecule has 0 saturated heterocycles. The number of aromatic nitrogens is 2. The SMILES string of the molecule is COC(C)c1nc(C(N)C(C)C)no1. The number of methoxy groups -OCH3 is 1. The fourth-order valence-electron chi connectivity index (χ4n) is 0.947. The summed E-state index contributed by atoms with van der Waals surface area (Å²) in [6.45, 7) is 5.87. The van der Waals surface area contributed by atoms with E-state index in [2.05, 4.69) is 10.1 Å². The molecule has 0 fully saturated rings. The molecule has 1 heterocycles. The Morgan fingerprint density at radius 1 is 1.36 bits per heavy atom. The van der Waals surface area contributed by atoms with Crippen LogP contribution in [0.4, 0.5) is 0 Å². The minimum absolute atomic E-state index is 0.184. The summed E-state index contributed by atoms with van der Waals surface area (Å²) in [5.41, 5.74) is 5.87. The molecule has 0 aliphatic heterocycles. The highest BCUT2D eigenvalue weighted by Crippen LogP contribution is 2.19. The summed E-state index contributed by atoms with van der Waals surface area (Å²) in [5.74, 6) is 1.30. The van der Waals surface area contributed by atoms with Gasteiger partial charge in [0.1, 0.15) is 6.10 Å². The second-order valence-corrected chi connectivity index (χ2v) is 3.64. The van der Waals surface area contributed by atoms with Crippen LogP contribution in [0.5, 0.6) is 0 Å². The Morgan fingerprint density at radius 2 is 2.00 bits per heavy atom. The first-order chi connectivity index (χ1) is 6.56. The lowest BCUT2D eigenvalue weighted by Crippen LogP contribution is -2.18. The van der Waals surface area contributed by atoms with Crippen molar-refractivity contribution in [2.24, 2.45) is 11.7 Å². The van der Waals surface area contributed by atoms with E-state index in [-0.39, 0.29) is 12.1 Å². The monoisotopic (exact) mass is 199 g/mol. The average Bonchev–Trinajstić information content (AvgIpc) is 2.64. The number of hydrogen-bond acceptors (Lipinski definition) is 5. The largest absolute Gasteiger partial charge is 0.372 e. The molecule has 5 heteroatoms. The van der Waals surface area contributed by atoms with E-state index < -0.39 is 0 Å². The maximum atomic E-state index is 5.87. The smallest absolute Gasteiger partial charge is 0.255 e. The third kappa shape index (κ3) is 2.30. The summed E-state index contributed by atoms with van der Waals surface area (Å²) in [4.78, 5) is 4.17. The topological polar surface area (TPSA) is 74.2 Å². The lowest BCUT2D eigenvalue weighted by Gasteiger charge is -2.09. The minimum Gasteiger partial charge on any atom is -0.372 e. The molecule has 0 bridgehead atoms. The van der Waals surface area contributed by atoms with Gasteiger partial charge in [-0.3, -0.25) is 0 Å². The van der Waals surface area contributed by atoms with Gasteiger partial charge in [-0.05, 0) is 12.8 Å². The van der Waals surface area contributed by atoms with Gasteiger partial charge in [0.25, 0.3) is 5.89 Å². The molecule has 0 radical (unpaired) electrons. The maximum Gasteiger partial charge on any atom is 0.255 e. The van der Waals surface area contributed by atoms with Gasteiger partial charge in [-0.1, -0.05) is 19.0 Å². The standard InChI is InChI=1S/C9H17N3O2/c1-5(2)7(10)8-11-9(14-12-8)6(3)13-4/h5-7H,10H2,1-4H3. The molecule has 2 atom stereocenters. The minimum atomic E-state index is -0.185. The lowest BCUT2D eigenvalue weighted by atomic mass is 10.1. The summed E-state index contributed by atoms with van der Waals surface area (Å²) < 4.78 is 10.1. The Morgan fingerprint density at radius 3 is 2.50 bits per heavy atom. The van der Waals surface area contributed by atoms with E-state index in [0.29, 0.717) is 17.6 Å². The van der Waals surface area contributed by atoms with Gasteiger partial charge in [0, 0.05) is 7.11 Å². The van der Waals surface area contributed by atoms with Crippen molar-refractivity contribution >= 4 is 0 Å². The molecule has 80 valence electrons. The van der Waals surface area contributed by atoms with Crippen molar-refractivity contribution in [3.05, 3.63) is 11.7 Å². The Hall–Kier alpha value is -0.940. The maximum absolute atomic E-state index is 5.87. The van der Waals surface area contributed by atoms with Gasteiger partial charge >= 0.3 is 0 Å². The third-order valence-electron chi connectivity index (χ3n) is 2.18.